The zero-order chi connectivity index (χ0) is 10.4. The van der Waals surface area contributed by atoms with Gasteiger partial charge in [0.1, 0.15) is 0 Å². The predicted octanol–water partition coefficient (Wildman–Crippen LogP) is 1.12. The molecule has 1 saturated heterocycles. The molecule has 0 radical (unpaired) electrons. The standard InChI is InChI=1S/C11H23NO2/c1-10(2)8-14-9-11(13)7-12-5-3-4-6-12/h10-11,13H,3-9H2,1-2H3. The van der Waals surface area contributed by atoms with E-state index in [9.17, 15) is 5.11 Å². The molecule has 1 aliphatic rings. The first-order valence-corrected chi connectivity index (χ1v) is 5.66. The van der Waals surface area contributed by atoms with Gasteiger partial charge in [0, 0.05) is 13.2 Å². The lowest BCUT2D eigenvalue weighted by molar-refractivity contribution is 0.0115. The van der Waals surface area contributed by atoms with Crippen molar-refractivity contribution in [3.8, 4) is 0 Å². The number of nitrogens with zero attached hydrogens (tertiary/aromatic N) is 1. The van der Waals surface area contributed by atoms with E-state index in [2.05, 4.69) is 18.7 Å². The lowest BCUT2D eigenvalue weighted by Gasteiger charge is -2.19. The van der Waals surface area contributed by atoms with Crippen molar-refractivity contribution in [1.82, 2.24) is 4.90 Å². The average molecular weight is 201 g/mol. The van der Waals surface area contributed by atoms with Crippen LogP contribution in [-0.4, -0.2) is 49.0 Å². The molecule has 1 N–H and O–H groups in total. The van der Waals surface area contributed by atoms with Gasteiger partial charge in [0.25, 0.3) is 0 Å². The third-order valence-corrected chi connectivity index (χ3v) is 2.43. The lowest BCUT2D eigenvalue weighted by atomic mass is 10.2. The molecule has 1 unspecified atom stereocenters. The fraction of sp³-hybridized carbons (Fsp3) is 1.00. The predicted molar refractivity (Wildman–Crippen MR) is 57.3 cm³/mol. The number of hydrogen-bond donors (Lipinski definition) is 1. The van der Waals surface area contributed by atoms with Crippen LogP contribution in [0.1, 0.15) is 26.7 Å². The Labute approximate surface area is 87.1 Å². The number of aliphatic hydroxyl groups excluding tert-OH is 1. The highest BCUT2D eigenvalue weighted by atomic mass is 16.5. The molecule has 0 aliphatic carbocycles. The van der Waals surface area contributed by atoms with Crippen molar-refractivity contribution in [2.24, 2.45) is 5.92 Å². The topological polar surface area (TPSA) is 32.7 Å². The van der Waals surface area contributed by atoms with E-state index < -0.39 is 0 Å². The molecule has 1 aliphatic heterocycles. The molecule has 0 aromatic rings. The monoisotopic (exact) mass is 201 g/mol. The molecular formula is C11H23NO2. The number of ether oxygens (including phenoxy) is 1. The first-order valence-electron chi connectivity index (χ1n) is 5.66. The SMILES string of the molecule is CC(C)COCC(O)CN1CCCC1. The highest BCUT2D eigenvalue weighted by molar-refractivity contribution is 4.69. The van der Waals surface area contributed by atoms with Crippen LogP contribution in [0.5, 0.6) is 0 Å². The second kappa shape index (κ2) is 6.38. The molecule has 1 rings (SSSR count). The minimum absolute atomic E-state index is 0.313. The Hall–Kier alpha value is -0.120. The molecule has 0 amide bonds. The average Bonchev–Trinajstić information content (AvgIpc) is 2.56. The molecule has 1 fully saturated rings. The van der Waals surface area contributed by atoms with Crippen LogP contribution in [0, 0.1) is 5.92 Å². The van der Waals surface area contributed by atoms with Crippen LogP contribution in [0.4, 0.5) is 0 Å². The van der Waals surface area contributed by atoms with Gasteiger partial charge < -0.3 is 14.7 Å². The fourth-order valence-corrected chi connectivity index (χ4v) is 1.76. The first kappa shape index (κ1) is 12.0. The van der Waals surface area contributed by atoms with Crippen LogP contribution < -0.4 is 0 Å². The molecule has 0 spiro atoms. The largest absolute Gasteiger partial charge is 0.389 e. The maximum absolute atomic E-state index is 9.66. The summed E-state index contributed by atoms with van der Waals surface area (Å²) in [5.41, 5.74) is 0. The Bertz CT molecular complexity index is 144. The van der Waals surface area contributed by atoms with Gasteiger partial charge in [-0.2, -0.15) is 0 Å². The number of β-amino-alcohol motifs (C(OH)–C–C–N with tert-alkyl or cyclic N) is 1. The van der Waals surface area contributed by atoms with Gasteiger partial charge in [0.05, 0.1) is 12.7 Å². The summed E-state index contributed by atoms with van der Waals surface area (Å²) in [6, 6.07) is 0. The van der Waals surface area contributed by atoms with Gasteiger partial charge in [-0.05, 0) is 31.8 Å². The Morgan fingerprint density at radius 1 is 1.21 bits per heavy atom. The summed E-state index contributed by atoms with van der Waals surface area (Å²) in [5.74, 6) is 0.550. The molecule has 14 heavy (non-hydrogen) atoms. The van der Waals surface area contributed by atoms with E-state index in [4.69, 9.17) is 4.74 Å². The Balaban J connectivity index is 2.00. The smallest absolute Gasteiger partial charge is 0.0900 e. The summed E-state index contributed by atoms with van der Waals surface area (Å²) >= 11 is 0. The molecular weight excluding hydrogens is 178 g/mol. The van der Waals surface area contributed by atoms with Crippen molar-refractivity contribution in [3.05, 3.63) is 0 Å². The van der Waals surface area contributed by atoms with Crippen LogP contribution in [0.2, 0.25) is 0 Å². The van der Waals surface area contributed by atoms with Crippen molar-refractivity contribution in [3.63, 3.8) is 0 Å². The van der Waals surface area contributed by atoms with Crippen molar-refractivity contribution in [2.75, 3.05) is 32.8 Å². The molecule has 0 aromatic carbocycles. The second-order valence-corrected chi connectivity index (χ2v) is 4.59. The van der Waals surface area contributed by atoms with Gasteiger partial charge in [-0.3, -0.25) is 0 Å². The molecule has 3 nitrogen and oxygen atoms in total. The van der Waals surface area contributed by atoms with Crippen LogP contribution in [0.15, 0.2) is 0 Å². The van der Waals surface area contributed by atoms with Gasteiger partial charge >= 0.3 is 0 Å². The van der Waals surface area contributed by atoms with Gasteiger partial charge in [0.2, 0.25) is 0 Å². The number of aliphatic hydroxyl groups is 1. The van der Waals surface area contributed by atoms with E-state index in [1.54, 1.807) is 0 Å². The van der Waals surface area contributed by atoms with E-state index in [1.165, 1.54) is 12.8 Å². The maximum Gasteiger partial charge on any atom is 0.0900 e. The first-order chi connectivity index (χ1) is 6.68. The number of likely N-dealkylation sites (tertiary alicyclic amines) is 1. The molecule has 0 bridgehead atoms. The molecule has 1 atom stereocenters. The maximum atomic E-state index is 9.66. The highest BCUT2D eigenvalue weighted by Crippen LogP contribution is 2.07. The zero-order valence-corrected chi connectivity index (χ0v) is 9.41. The summed E-state index contributed by atoms with van der Waals surface area (Å²) in [5, 5.41) is 9.66. The summed E-state index contributed by atoms with van der Waals surface area (Å²) < 4.78 is 5.39. The Morgan fingerprint density at radius 3 is 2.43 bits per heavy atom. The summed E-state index contributed by atoms with van der Waals surface area (Å²) in [4.78, 5) is 2.31. The third kappa shape index (κ3) is 4.94. The minimum atomic E-state index is -0.313. The molecule has 0 aromatic heterocycles. The van der Waals surface area contributed by atoms with Gasteiger partial charge in [0.15, 0.2) is 0 Å². The van der Waals surface area contributed by atoms with Crippen LogP contribution in [-0.2, 0) is 4.74 Å². The molecule has 3 heteroatoms. The quantitative estimate of drug-likeness (QED) is 0.699. The Kier molecular flexibility index (Phi) is 5.45. The molecule has 84 valence electrons. The normalized spacial score (nSPS) is 20.6. The van der Waals surface area contributed by atoms with Gasteiger partial charge in [-0.25, -0.2) is 0 Å². The van der Waals surface area contributed by atoms with Gasteiger partial charge in [-0.15, -0.1) is 0 Å². The molecule has 0 saturated carbocycles. The Morgan fingerprint density at radius 2 is 1.86 bits per heavy atom. The fourth-order valence-electron chi connectivity index (χ4n) is 1.76. The van der Waals surface area contributed by atoms with E-state index >= 15 is 0 Å². The highest BCUT2D eigenvalue weighted by Gasteiger charge is 2.15. The van der Waals surface area contributed by atoms with Crippen molar-refractivity contribution in [2.45, 2.75) is 32.8 Å². The van der Waals surface area contributed by atoms with Crippen molar-refractivity contribution in [1.29, 1.82) is 0 Å². The van der Waals surface area contributed by atoms with Gasteiger partial charge in [-0.1, -0.05) is 13.8 Å². The third-order valence-electron chi connectivity index (χ3n) is 2.43. The van der Waals surface area contributed by atoms with Crippen LogP contribution >= 0.6 is 0 Å². The second-order valence-electron chi connectivity index (χ2n) is 4.59. The summed E-state index contributed by atoms with van der Waals surface area (Å²) in [7, 11) is 0. The van der Waals surface area contributed by atoms with Crippen LogP contribution in [0.25, 0.3) is 0 Å². The van der Waals surface area contributed by atoms with E-state index in [-0.39, 0.29) is 6.10 Å². The van der Waals surface area contributed by atoms with E-state index in [0.717, 1.165) is 26.2 Å². The van der Waals surface area contributed by atoms with Crippen molar-refractivity contribution >= 4 is 0 Å². The molecule has 1 heterocycles. The van der Waals surface area contributed by atoms with E-state index in [1.807, 2.05) is 0 Å². The minimum Gasteiger partial charge on any atom is -0.389 e. The zero-order valence-electron chi connectivity index (χ0n) is 9.41. The number of rotatable bonds is 6. The summed E-state index contributed by atoms with van der Waals surface area (Å²) in [6.07, 6.45) is 2.24. The lowest BCUT2D eigenvalue weighted by Crippen LogP contribution is -2.33. The number of hydrogen-bond acceptors (Lipinski definition) is 3. The summed E-state index contributed by atoms with van der Waals surface area (Å²) in [6.45, 7) is 8.52. The van der Waals surface area contributed by atoms with Crippen molar-refractivity contribution < 1.29 is 9.84 Å². The van der Waals surface area contributed by atoms with E-state index in [0.29, 0.717) is 12.5 Å². The van der Waals surface area contributed by atoms with Crippen LogP contribution in [0.3, 0.4) is 0 Å².